The molecule has 0 unspecified atom stereocenters. The monoisotopic (exact) mass is 447 g/mol. The van der Waals surface area contributed by atoms with Crippen LogP contribution in [0.2, 0.25) is 0 Å². The summed E-state index contributed by atoms with van der Waals surface area (Å²) in [6, 6.07) is 12.9. The summed E-state index contributed by atoms with van der Waals surface area (Å²) in [4.78, 5) is 12.1. The third kappa shape index (κ3) is 5.72. The van der Waals surface area contributed by atoms with E-state index in [4.69, 9.17) is 0 Å². The van der Waals surface area contributed by atoms with Crippen molar-refractivity contribution < 1.29 is 18.0 Å². The molecule has 1 aromatic heterocycles. The molecule has 3 rings (SSSR count). The lowest BCUT2D eigenvalue weighted by molar-refractivity contribution is -0.137. The van der Waals surface area contributed by atoms with Crippen molar-refractivity contribution in [2.24, 2.45) is 5.10 Å². The minimum Gasteiger partial charge on any atom is -0.302 e. The number of amides is 1. The molecule has 6 nitrogen and oxygen atoms in total. The Morgan fingerprint density at radius 3 is 2.55 bits per heavy atom. The summed E-state index contributed by atoms with van der Waals surface area (Å²) in [6.07, 6.45) is -3.52. The number of hydrogen-bond acceptors (Lipinski definition) is 5. The van der Waals surface area contributed by atoms with Gasteiger partial charge in [-0.05, 0) is 19.9 Å². The van der Waals surface area contributed by atoms with Gasteiger partial charge < -0.3 is 4.57 Å². The van der Waals surface area contributed by atoms with Crippen molar-refractivity contribution in [3.8, 4) is 11.4 Å². The summed E-state index contributed by atoms with van der Waals surface area (Å²) < 4.78 is 40.9. The van der Waals surface area contributed by atoms with Gasteiger partial charge in [0.2, 0.25) is 0 Å². The zero-order valence-electron chi connectivity index (χ0n) is 16.8. The van der Waals surface area contributed by atoms with Crippen LogP contribution in [0.4, 0.5) is 13.2 Å². The van der Waals surface area contributed by atoms with E-state index in [0.717, 1.165) is 23.4 Å². The SMILES string of the molecule is CCn1c(SCC(=O)NN=Cc2ccccc2C(F)(F)F)nnc1-c1ccc(C)cc1. The highest BCUT2D eigenvalue weighted by Crippen LogP contribution is 2.31. The standard InChI is InChI=1S/C21H20F3N5OS/c1-3-29-19(15-10-8-14(2)9-11-15)27-28-20(29)31-13-18(30)26-25-12-16-6-4-5-7-17(16)21(22,23)24/h4-12H,3,13H2,1-2H3,(H,26,30). The average molecular weight is 447 g/mol. The fourth-order valence-corrected chi connectivity index (χ4v) is 3.60. The van der Waals surface area contributed by atoms with Crippen LogP contribution in [-0.2, 0) is 17.5 Å². The second-order valence-electron chi connectivity index (χ2n) is 6.58. The number of alkyl halides is 3. The number of carbonyl (C=O) groups is 1. The quantitative estimate of drug-likeness (QED) is 0.328. The summed E-state index contributed by atoms with van der Waals surface area (Å²) in [7, 11) is 0. The number of nitrogens with zero attached hydrogens (tertiary/aromatic N) is 4. The van der Waals surface area contributed by atoms with Crippen molar-refractivity contribution in [1.29, 1.82) is 0 Å². The maximum atomic E-state index is 13.0. The van der Waals surface area contributed by atoms with Crippen LogP contribution in [0.5, 0.6) is 0 Å². The van der Waals surface area contributed by atoms with Crippen molar-refractivity contribution in [3.05, 3.63) is 65.2 Å². The molecule has 1 amide bonds. The third-order valence-corrected chi connectivity index (χ3v) is 5.30. The molecule has 1 N–H and O–H groups in total. The van der Waals surface area contributed by atoms with Gasteiger partial charge in [0.05, 0.1) is 17.5 Å². The molecule has 0 saturated heterocycles. The number of aryl methyl sites for hydroxylation is 1. The Labute approximate surface area is 181 Å². The van der Waals surface area contributed by atoms with Crippen LogP contribution >= 0.6 is 11.8 Å². The Balaban J connectivity index is 1.62. The van der Waals surface area contributed by atoms with Crippen LogP contribution in [-0.4, -0.2) is 32.6 Å². The molecule has 10 heteroatoms. The summed E-state index contributed by atoms with van der Waals surface area (Å²) in [5.74, 6) is 0.227. The van der Waals surface area contributed by atoms with Gasteiger partial charge in [0, 0.05) is 17.7 Å². The van der Waals surface area contributed by atoms with E-state index in [2.05, 4.69) is 20.7 Å². The maximum absolute atomic E-state index is 13.0. The normalized spacial score (nSPS) is 11.8. The molecule has 0 aliphatic heterocycles. The Bertz CT molecular complexity index is 1080. The van der Waals surface area contributed by atoms with E-state index in [0.29, 0.717) is 17.5 Å². The molecule has 3 aromatic rings. The summed E-state index contributed by atoms with van der Waals surface area (Å²) >= 11 is 1.18. The predicted octanol–water partition coefficient (Wildman–Crippen LogP) is 4.53. The molecule has 1 heterocycles. The average Bonchev–Trinajstić information content (AvgIpc) is 3.15. The molecule has 2 aromatic carbocycles. The van der Waals surface area contributed by atoms with Gasteiger partial charge in [-0.3, -0.25) is 4.79 Å². The van der Waals surface area contributed by atoms with Crippen LogP contribution in [0.1, 0.15) is 23.6 Å². The number of carbonyl (C=O) groups excluding carboxylic acids is 1. The summed E-state index contributed by atoms with van der Waals surface area (Å²) in [5, 5.41) is 12.6. The molecule has 0 aliphatic carbocycles. The van der Waals surface area contributed by atoms with Crippen LogP contribution in [0.15, 0.2) is 58.8 Å². The zero-order chi connectivity index (χ0) is 22.4. The molecule has 162 valence electrons. The first-order valence-corrected chi connectivity index (χ1v) is 10.4. The van der Waals surface area contributed by atoms with Crippen LogP contribution < -0.4 is 5.43 Å². The molecule has 0 spiro atoms. The number of hydrogen-bond donors (Lipinski definition) is 1. The Morgan fingerprint density at radius 2 is 1.87 bits per heavy atom. The van der Waals surface area contributed by atoms with E-state index >= 15 is 0 Å². The van der Waals surface area contributed by atoms with Gasteiger partial charge in [-0.1, -0.05) is 59.8 Å². The first-order valence-electron chi connectivity index (χ1n) is 9.40. The number of thioether (sulfide) groups is 1. The largest absolute Gasteiger partial charge is 0.417 e. The van der Waals surface area contributed by atoms with Crippen molar-refractivity contribution in [3.63, 3.8) is 0 Å². The number of halogens is 3. The van der Waals surface area contributed by atoms with E-state index < -0.39 is 17.6 Å². The van der Waals surface area contributed by atoms with Crippen molar-refractivity contribution in [2.45, 2.75) is 31.7 Å². The highest BCUT2D eigenvalue weighted by atomic mass is 32.2. The van der Waals surface area contributed by atoms with Gasteiger partial charge in [0.15, 0.2) is 11.0 Å². The summed E-state index contributed by atoms with van der Waals surface area (Å²) in [5.41, 5.74) is 3.36. The number of hydrazone groups is 1. The lowest BCUT2D eigenvalue weighted by Gasteiger charge is -2.09. The molecule has 0 saturated carbocycles. The molecule has 0 aliphatic rings. The molecular formula is C21H20F3N5OS. The molecule has 0 atom stereocenters. The maximum Gasteiger partial charge on any atom is 0.417 e. The van der Waals surface area contributed by atoms with E-state index in [-0.39, 0.29) is 11.3 Å². The van der Waals surface area contributed by atoms with E-state index in [9.17, 15) is 18.0 Å². The first kappa shape index (κ1) is 22.5. The van der Waals surface area contributed by atoms with Gasteiger partial charge in [0.25, 0.3) is 5.91 Å². The molecule has 31 heavy (non-hydrogen) atoms. The lowest BCUT2D eigenvalue weighted by atomic mass is 10.1. The Hall–Kier alpha value is -3.14. The van der Waals surface area contributed by atoms with Crippen molar-refractivity contribution >= 4 is 23.9 Å². The van der Waals surface area contributed by atoms with E-state index in [1.54, 1.807) is 0 Å². The van der Waals surface area contributed by atoms with Crippen LogP contribution in [0, 0.1) is 6.92 Å². The smallest absolute Gasteiger partial charge is 0.302 e. The number of benzene rings is 2. The summed E-state index contributed by atoms with van der Waals surface area (Å²) in [6.45, 7) is 4.57. The minimum atomic E-state index is -4.50. The fourth-order valence-electron chi connectivity index (χ4n) is 2.80. The molecule has 0 radical (unpaired) electrons. The zero-order valence-corrected chi connectivity index (χ0v) is 17.7. The Kier molecular flexibility index (Phi) is 7.11. The number of aromatic nitrogens is 3. The number of nitrogens with one attached hydrogen (secondary N) is 1. The van der Waals surface area contributed by atoms with Gasteiger partial charge >= 0.3 is 6.18 Å². The minimum absolute atomic E-state index is 0.00963. The third-order valence-electron chi connectivity index (χ3n) is 4.33. The van der Waals surface area contributed by atoms with Crippen molar-refractivity contribution in [1.82, 2.24) is 20.2 Å². The first-order chi connectivity index (χ1) is 14.8. The predicted molar refractivity (Wildman–Crippen MR) is 114 cm³/mol. The Morgan fingerprint density at radius 1 is 1.16 bits per heavy atom. The van der Waals surface area contributed by atoms with E-state index in [1.807, 2.05) is 42.7 Å². The van der Waals surface area contributed by atoms with Crippen molar-refractivity contribution in [2.75, 3.05) is 5.75 Å². The molecule has 0 fully saturated rings. The second-order valence-corrected chi connectivity index (χ2v) is 7.53. The molecule has 0 bridgehead atoms. The fraction of sp³-hybridized carbons (Fsp3) is 0.238. The van der Waals surface area contributed by atoms with E-state index in [1.165, 1.54) is 30.0 Å². The lowest BCUT2D eigenvalue weighted by Crippen LogP contribution is -2.20. The van der Waals surface area contributed by atoms with Gasteiger partial charge in [-0.2, -0.15) is 18.3 Å². The second kappa shape index (κ2) is 9.78. The highest BCUT2D eigenvalue weighted by Gasteiger charge is 2.32. The van der Waals surface area contributed by atoms with Crippen LogP contribution in [0.3, 0.4) is 0 Å². The molecular weight excluding hydrogens is 427 g/mol. The van der Waals surface area contributed by atoms with Gasteiger partial charge in [-0.25, -0.2) is 5.43 Å². The highest BCUT2D eigenvalue weighted by molar-refractivity contribution is 7.99. The van der Waals surface area contributed by atoms with Crippen LogP contribution in [0.25, 0.3) is 11.4 Å². The van der Waals surface area contributed by atoms with Gasteiger partial charge in [0.1, 0.15) is 0 Å². The number of rotatable bonds is 7. The van der Waals surface area contributed by atoms with Gasteiger partial charge in [-0.15, -0.1) is 10.2 Å². The topological polar surface area (TPSA) is 72.2 Å².